The van der Waals surface area contributed by atoms with Gasteiger partial charge in [0.25, 0.3) is 5.91 Å². The Labute approximate surface area is 187 Å². The van der Waals surface area contributed by atoms with Gasteiger partial charge in [-0.3, -0.25) is 9.36 Å². The van der Waals surface area contributed by atoms with Crippen LogP contribution in [0.25, 0.3) is 17.1 Å². The number of benzene rings is 1. The third-order valence-corrected chi connectivity index (χ3v) is 5.39. The van der Waals surface area contributed by atoms with Crippen LogP contribution in [0.15, 0.2) is 66.7 Å². The summed E-state index contributed by atoms with van der Waals surface area (Å²) in [5.41, 5.74) is 15.1. The quantitative estimate of drug-likeness (QED) is 0.481. The first-order valence-corrected chi connectivity index (χ1v) is 9.84. The lowest BCUT2D eigenvalue weighted by molar-refractivity contribution is 0.0989. The highest BCUT2D eigenvalue weighted by molar-refractivity contribution is 5.89. The number of nitriles is 1. The van der Waals surface area contributed by atoms with E-state index in [1.165, 1.54) is 12.5 Å². The van der Waals surface area contributed by atoms with Crippen molar-refractivity contribution in [2.75, 3.05) is 0 Å². The SMILES string of the molecule is Cn1nc(-c2ccncn2)c2c1OC(N)=C(C#N)C2c1ccc(-n2ccnc2C(N)=O)cc1. The maximum absolute atomic E-state index is 11.6. The summed E-state index contributed by atoms with van der Waals surface area (Å²) in [6.07, 6.45) is 6.20. The molecule has 162 valence electrons. The molecule has 0 bridgehead atoms. The van der Waals surface area contributed by atoms with Gasteiger partial charge in [0, 0.05) is 31.3 Å². The van der Waals surface area contributed by atoms with E-state index in [2.05, 4.69) is 26.1 Å². The van der Waals surface area contributed by atoms with Crippen molar-refractivity contribution in [1.29, 1.82) is 5.26 Å². The Kier molecular flexibility index (Phi) is 4.60. The number of nitrogens with two attached hydrogens (primary N) is 2. The number of nitrogens with zero attached hydrogens (tertiary/aromatic N) is 7. The third kappa shape index (κ3) is 3.17. The number of amides is 1. The maximum Gasteiger partial charge on any atom is 0.285 e. The average Bonchev–Trinajstić information content (AvgIpc) is 3.44. The van der Waals surface area contributed by atoms with Crippen LogP contribution in [-0.4, -0.2) is 35.2 Å². The molecule has 1 unspecified atom stereocenters. The Balaban J connectivity index is 1.66. The van der Waals surface area contributed by atoms with Gasteiger partial charge in [-0.05, 0) is 23.8 Å². The highest BCUT2D eigenvalue weighted by atomic mass is 16.5. The number of ether oxygens (including phenoxy) is 1. The molecule has 1 amide bonds. The molecule has 11 nitrogen and oxygen atoms in total. The molecule has 0 radical (unpaired) electrons. The van der Waals surface area contributed by atoms with Crippen molar-refractivity contribution < 1.29 is 9.53 Å². The molecule has 4 aromatic rings. The molecule has 0 fully saturated rings. The Morgan fingerprint density at radius 2 is 1.97 bits per heavy atom. The zero-order valence-corrected chi connectivity index (χ0v) is 17.4. The Bertz CT molecular complexity index is 1440. The summed E-state index contributed by atoms with van der Waals surface area (Å²) in [4.78, 5) is 23.9. The van der Waals surface area contributed by atoms with Crippen LogP contribution in [0.1, 0.15) is 27.7 Å². The number of carbonyl (C=O) groups is 1. The van der Waals surface area contributed by atoms with Crippen molar-refractivity contribution in [2.45, 2.75) is 5.92 Å². The number of fused-ring (bicyclic) bond motifs is 1. The summed E-state index contributed by atoms with van der Waals surface area (Å²) in [5, 5.41) is 14.5. The summed E-state index contributed by atoms with van der Waals surface area (Å²) in [6, 6.07) is 11.2. The number of imidazole rings is 1. The standard InChI is InChI=1S/C22H17N9O2/c1-30-22-17(18(29-30)15-6-7-26-11-28-15)16(14(10-23)20(25)33-22)12-2-4-13(5-3-12)31-9-8-27-21(31)19(24)32/h2-9,11,16H,25H2,1H3,(H2,24,32). The van der Waals surface area contributed by atoms with Crippen LogP contribution < -0.4 is 16.2 Å². The Morgan fingerprint density at radius 1 is 1.18 bits per heavy atom. The van der Waals surface area contributed by atoms with E-state index in [0.717, 1.165) is 5.56 Å². The van der Waals surface area contributed by atoms with Gasteiger partial charge in [-0.2, -0.15) is 10.4 Å². The fourth-order valence-electron chi connectivity index (χ4n) is 3.95. The van der Waals surface area contributed by atoms with Crippen LogP contribution in [0, 0.1) is 11.3 Å². The Morgan fingerprint density at radius 3 is 2.64 bits per heavy atom. The van der Waals surface area contributed by atoms with Crippen molar-refractivity contribution in [3.05, 3.63) is 83.7 Å². The molecule has 1 aliphatic heterocycles. The molecule has 33 heavy (non-hydrogen) atoms. The molecule has 0 aliphatic carbocycles. The van der Waals surface area contributed by atoms with E-state index < -0.39 is 11.8 Å². The van der Waals surface area contributed by atoms with Gasteiger partial charge in [0.2, 0.25) is 17.6 Å². The molecule has 11 heteroatoms. The molecule has 4 heterocycles. The van der Waals surface area contributed by atoms with Gasteiger partial charge in [-0.1, -0.05) is 12.1 Å². The van der Waals surface area contributed by atoms with Crippen LogP contribution in [0.3, 0.4) is 0 Å². The second kappa shape index (κ2) is 7.61. The Hall–Kier alpha value is -4.98. The summed E-state index contributed by atoms with van der Waals surface area (Å²) in [5.74, 6) is -0.603. The predicted octanol–water partition coefficient (Wildman–Crippen LogP) is 1.38. The van der Waals surface area contributed by atoms with E-state index >= 15 is 0 Å². The number of rotatable bonds is 4. The van der Waals surface area contributed by atoms with Gasteiger partial charge < -0.3 is 16.2 Å². The second-order valence-corrected chi connectivity index (χ2v) is 7.29. The number of carbonyl (C=O) groups excluding carboxylic acids is 1. The highest BCUT2D eigenvalue weighted by Crippen LogP contribution is 2.46. The van der Waals surface area contributed by atoms with Crippen LogP contribution in [0.4, 0.5) is 0 Å². The van der Waals surface area contributed by atoms with Crippen molar-refractivity contribution in [3.8, 4) is 29.0 Å². The number of allylic oxidation sites excluding steroid dienone is 1. The smallest absolute Gasteiger partial charge is 0.285 e. The second-order valence-electron chi connectivity index (χ2n) is 7.29. The third-order valence-electron chi connectivity index (χ3n) is 5.39. The highest BCUT2D eigenvalue weighted by Gasteiger charge is 2.37. The van der Waals surface area contributed by atoms with Gasteiger partial charge >= 0.3 is 0 Å². The molecule has 3 aromatic heterocycles. The van der Waals surface area contributed by atoms with Crippen molar-refractivity contribution in [1.82, 2.24) is 29.3 Å². The first-order chi connectivity index (χ1) is 16.0. The number of aryl methyl sites for hydroxylation is 1. The van der Waals surface area contributed by atoms with Gasteiger partial charge in [-0.15, -0.1) is 0 Å². The molecular formula is C22H17N9O2. The van der Waals surface area contributed by atoms with E-state index in [1.54, 1.807) is 34.8 Å². The largest absolute Gasteiger partial charge is 0.422 e. The zero-order chi connectivity index (χ0) is 23.1. The van der Waals surface area contributed by atoms with E-state index in [1.807, 2.05) is 24.3 Å². The van der Waals surface area contributed by atoms with Crippen LogP contribution in [-0.2, 0) is 7.05 Å². The lowest BCUT2D eigenvalue weighted by atomic mass is 9.83. The van der Waals surface area contributed by atoms with Gasteiger partial charge in [0.05, 0.1) is 17.2 Å². The first kappa shape index (κ1) is 20.0. The zero-order valence-electron chi connectivity index (χ0n) is 17.4. The minimum absolute atomic E-state index is 0.0157. The molecule has 1 aromatic carbocycles. The van der Waals surface area contributed by atoms with Gasteiger partial charge in [0.1, 0.15) is 23.7 Å². The number of hydrogen-bond donors (Lipinski definition) is 2. The topological polar surface area (TPSA) is 164 Å². The average molecular weight is 439 g/mol. The lowest BCUT2D eigenvalue weighted by Crippen LogP contribution is -2.22. The van der Waals surface area contributed by atoms with Crippen LogP contribution in [0.2, 0.25) is 0 Å². The summed E-state index contributed by atoms with van der Waals surface area (Å²) < 4.78 is 8.93. The minimum Gasteiger partial charge on any atom is -0.422 e. The minimum atomic E-state index is -0.634. The molecule has 0 spiro atoms. The normalized spacial score (nSPS) is 15.0. The summed E-state index contributed by atoms with van der Waals surface area (Å²) in [7, 11) is 1.73. The predicted molar refractivity (Wildman–Crippen MR) is 116 cm³/mol. The molecule has 0 saturated heterocycles. The van der Waals surface area contributed by atoms with E-state index in [9.17, 15) is 10.1 Å². The number of aromatic nitrogens is 6. The fourth-order valence-corrected chi connectivity index (χ4v) is 3.95. The van der Waals surface area contributed by atoms with Crippen molar-refractivity contribution in [2.24, 2.45) is 18.5 Å². The van der Waals surface area contributed by atoms with Crippen LogP contribution in [0.5, 0.6) is 5.88 Å². The molecule has 1 atom stereocenters. The molecule has 5 rings (SSSR count). The van der Waals surface area contributed by atoms with E-state index in [4.69, 9.17) is 16.2 Å². The van der Waals surface area contributed by atoms with Gasteiger partial charge in [-0.25, -0.2) is 19.6 Å². The van der Waals surface area contributed by atoms with E-state index in [-0.39, 0.29) is 17.3 Å². The maximum atomic E-state index is 11.6. The monoisotopic (exact) mass is 439 g/mol. The first-order valence-electron chi connectivity index (χ1n) is 9.84. The lowest BCUT2D eigenvalue weighted by Gasteiger charge is -2.25. The molecular weight excluding hydrogens is 422 g/mol. The van der Waals surface area contributed by atoms with Gasteiger partial charge in [0.15, 0.2) is 0 Å². The van der Waals surface area contributed by atoms with Crippen molar-refractivity contribution >= 4 is 5.91 Å². The molecule has 4 N–H and O–H groups in total. The van der Waals surface area contributed by atoms with Crippen molar-refractivity contribution in [3.63, 3.8) is 0 Å². The number of hydrogen-bond acceptors (Lipinski definition) is 8. The molecule has 1 aliphatic rings. The number of primary amides is 1. The fraction of sp³-hybridized carbons (Fsp3) is 0.0909. The van der Waals surface area contributed by atoms with Crippen LogP contribution >= 0.6 is 0 Å². The van der Waals surface area contributed by atoms with E-state index in [0.29, 0.717) is 28.5 Å². The molecule has 0 saturated carbocycles. The summed E-state index contributed by atoms with van der Waals surface area (Å²) in [6.45, 7) is 0. The summed E-state index contributed by atoms with van der Waals surface area (Å²) >= 11 is 0.